The molecule has 2 aromatic heterocycles. The Morgan fingerprint density at radius 1 is 1.10 bits per heavy atom. The van der Waals surface area contributed by atoms with Crippen LogP contribution in [-0.4, -0.2) is 28.4 Å². The van der Waals surface area contributed by atoms with Gasteiger partial charge in [-0.3, -0.25) is 19.4 Å². The summed E-state index contributed by atoms with van der Waals surface area (Å²) in [6, 6.07) is 14.2. The quantitative estimate of drug-likeness (QED) is 0.204. The van der Waals surface area contributed by atoms with E-state index in [1.807, 2.05) is 44.2 Å². The first-order chi connectivity index (χ1) is 18.8. The monoisotopic (exact) mass is 522 g/mol. The molecule has 0 fully saturated rings. The van der Waals surface area contributed by atoms with Crippen LogP contribution in [0, 0.1) is 5.92 Å². The number of hydrogen-bond donors (Lipinski definition) is 0. The highest BCUT2D eigenvalue weighted by Gasteiger charge is 2.39. The Morgan fingerprint density at radius 3 is 2.69 bits per heavy atom. The summed E-state index contributed by atoms with van der Waals surface area (Å²) >= 11 is 0. The van der Waals surface area contributed by atoms with Crippen LogP contribution in [0.4, 0.5) is 0 Å². The van der Waals surface area contributed by atoms with Crippen molar-refractivity contribution in [2.24, 2.45) is 5.92 Å². The van der Waals surface area contributed by atoms with Gasteiger partial charge in [-0.25, -0.2) is 0 Å². The van der Waals surface area contributed by atoms with E-state index in [-0.39, 0.29) is 35.2 Å². The lowest BCUT2D eigenvalue weighted by Gasteiger charge is -2.27. The number of carbonyl (C=O) groups excluding carboxylic acids is 2. The minimum atomic E-state index is -0.664. The van der Waals surface area contributed by atoms with Gasteiger partial charge >= 0.3 is 5.97 Å². The summed E-state index contributed by atoms with van der Waals surface area (Å²) in [5.74, 6) is 0.197. The molecule has 1 atom stereocenters. The molecule has 0 bridgehead atoms. The fourth-order valence-corrected chi connectivity index (χ4v) is 5.30. The van der Waals surface area contributed by atoms with Gasteiger partial charge < -0.3 is 18.8 Å². The molecule has 196 valence electrons. The van der Waals surface area contributed by atoms with E-state index in [4.69, 9.17) is 14.2 Å². The highest BCUT2D eigenvalue weighted by molar-refractivity contribution is 6.15. The minimum absolute atomic E-state index is 0.0605. The molecule has 0 spiro atoms. The van der Waals surface area contributed by atoms with Crippen molar-refractivity contribution in [3.8, 4) is 17.2 Å². The second kappa shape index (κ2) is 9.54. The van der Waals surface area contributed by atoms with E-state index in [0.717, 1.165) is 10.9 Å². The predicted molar refractivity (Wildman–Crippen MR) is 145 cm³/mol. The molecular formula is C31H26N2O6. The predicted octanol–water partition coefficient (Wildman–Crippen LogP) is 5.12. The summed E-state index contributed by atoms with van der Waals surface area (Å²) in [5.41, 5.74) is 2.61. The lowest BCUT2D eigenvalue weighted by Crippen LogP contribution is -2.31. The molecule has 4 aromatic rings. The number of methoxy groups -OCH3 is 1. The molecule has 8 nitrogen and oxygen atoms in total. The van der Waals surface area contributed by atoms with Crippen LogP contribution in [0.3, 0.4) is 0 Å². The van der Waals surface area contributed by atoms with Crippen molar-refractivity contribution >= 4 is 28.7 Å². The summed E-state index contributed by atoms with van der Waals surface area (Å²) in [5, 5.41) is 0.812. The number of allylic oxidation sites excluding steroid dienone is 1. The van der Waals surface area contributed by atoms with Crippen molar-refractivity contribution in [1.29, 1.82) is 0 Å². The maximum atomic E-state index is 14.0. The number of pyridine rings is 2. The second-order valence-electron chi connectivity index (χ2n) is 10.1. The van der Waals surface area contributed by atoms with E-state index in [1.54, 1.807) is 48.3 Å². The first kappa shape index (κ1) is 24.6. The van der Waals surface area contributed by atoms with Crippen molar-refractivity contribution in [2.45, 2.75) is 32.7 Å². The molecule has 0 aliphatic carbocycles. The molecule has 2 aromatic carbocycles. The number of esters is 1. The molecule has 0 radical (unpaired) electrons. The molecule has 6 rings (SSSR count). The molecule has 0 saturated carbocycles. The van der Waals surface area contributed by atoms with E-state index >= 15 is 0 Å². The van der Waals surface area contributed by atoms with Gasteiger partial charge in [0.2, 0.25) is 5.78 Å². The first-order valence-corrected chi connectivity index (χ1v) is 12.8. The Balaban J connectivity index is 1.55. The van der Waals surface area contributed by atoms with Gasteiger partial charge in [0.15, 0.2) is 5.76 Å². The molecule has 1 unspecified atom stereocenters. The lowest BCUT2D eigenvalue weighted by molar-refractivity contribution is -0.135. The SMILES string of the molecule is COc1ccc2c(c1)cc(C1CC(=O)Oc3ccc4c(c31)O/C(=C/c1cccnc1)C4=O)c(=O)n2CC(C)C. The van der Waals surface area contributed by atoms with Crippen LogP contribution in [0.5, 0.6) is 17.2 Å². The Morgan fingerprint density at radius 2 is 1.95 bits per heavy atom. The maximum absolute atomic E-state index is 14.0. The third kappa shape index (κ3) is 4.27. The van der Waals surface area contributed by atoms with Crippen LogP contribution in [0.25, 0.3) is 17.0 Å². The van der Waals surface area contributed by atoms with Gasteiger partial charge in [0, 0.05) is 41.4 Å². The average molecular weight is 523 g/mol. The standard InChI is InChI=1S/C31H26N2O6/c1-17(2)16-33-24-8-6-20(37-3)12-19(24)13-23(31(33)36)22-14-27(34)38-25-9-7-21-29(35)26(39-30(21)28(22)25)11-18-5-4-10-32-15-18/h4-13,15,17,22H,14,16H2,1-3H3/b26-11+. The number of benzene rings is 2. The van der Waals surface area contributed by atoms with Gasteiger partial charge in [-0.15, -0.1) is 0 Å². The van der Waals surface area contributed by atoms with Gasteiger partial charge in [-0.2, -0.15) is 0 Å². The van der Waals surface area contributed by atoms with Gasteiger partial charge in [0.25, 0.3) is 5.56 Å². The number of hydrogen-bond acceptors (Lipinski definition) is 7. The highest BCUT2D eigenvalue weighted by Crippen LogP contribution is 2.48. The van der Waals surface area contributed by atoms with E-state index in [2.05, 4.69) is 4.98 Å². The maximum Gasteiger partial charge on any atom is 0.312 e. The lowest BCUT2D eigenvalue weighted by atomic mass is 9.84. The summed E-state index contributed by atoms with van der Waals surface area (Å²) in [6.45, 7) is 4.59. The van der Waals surface area contributed by atoms with E-state index in [0.29, 0.717) is 40.3 Å². The van der Waals surface area contributed by atoms with Crippen molar-refractivity contribution in [3.63, 3.8) is 0 Å². The van der Waals surface area contributed by atoms with Crippen LogP contribution in [0.2, 0.25) is 0 Å². The molecule has 8 heteroatoms. The summed E-state index contributed by atoms with van der Waals surface area (Å²) in [7, 11) is 1.59. The van der Waals surface area contributed by atoms with E-state index < -0.39 is 11.9 Å². The fraction of sp³-hybridized carbons (Fsp3) is 0.226. The molecule has 2 aliphatic heterocycles. The third-order valence-electron chi connectivity index (χ3n) is 7.01. The Labute approximate surface area is 224 Å². The first-order valence-electron chi connectivity index (χ1n) is 12.8. The normalized spacial score (nSPS) is 17.2. The van der Waals surface area contributed by atoms with Gasteiger partial charge in [0.05, 0.1) is 24.6 Å². The number of aromatic nitrogens is 2. The average Bonchev–Trinajstić information content (AvgIpc) is 3.24. The number of ketones is 1. The van der Waals surface area contributed by atoms with Crippen molar-refractivity contribution in [3.05, 3.63) is 99.3 Å². The van der Waals surface area contributed by atoms with Gasteiger partial charge in [0.1, 0.15) is 17.2 Å². The Hall–Kier alpha value is -4.72. The van der Waals surface area contributed by atoms with Gasteiger partial charge in [-0.05, 0) is 60.0 Å². The molecule has 39 heavy (non-hydrogen) atoms. The van der Waals surface area contributed by atoms with E-state index in [1.165, 1.54) is 0 Å². The number of fused-ring (bicyclic) bond motifs is 4. The zero-order valence-corrected chi connectivity index (χ0v) is 21.8. The minimum Gasteiger partial charge on any atom is -0.497 e. The number of rotatable bonds is 5. The van der Waals surface area contributed by atoms with E-state index in [9.17, 15) is 14.4 Å². The zero-order valence-electron chi connectivity index (χ0n) is 21.8. The molecule has 0 N–H and O–H groups in total. The van der Waals surface area contributed by atoms with Crippen molar-refractivity contribution in [2.75, 3.05) is 7.11 Å². The topological polar surface area (TPSA) is 96.7 Å². The fourth-order valence-electron chi connectivity index (χ4n) is 5.30. The van der Waals surface area contributed by atoms with Gasteiger partial charge in [-0.1, -0.05) is 19.9 Å². The zero-order chi connectivity index (χ0) is 27.3. The summed E-state index contributed by atoms with van der Waals surface area (Å²) < 4.78 is 18.9. The Bertz CT molecular complexity index is 1740. The number of carbonyl (C=O) groups is 2. The smallest absolute Gasteiger partial charge is 0.312 e. The third-order valence-corrected chi connectivity index (χ3v) is 7.01. The molecule has 0 saturated heterocycles. The molecule has 2 aliphatic rings. The van der Waals surface area contributed by atoms with Crippen LogP contribution < -0.4 is 19.8 Å². The molecule has 0 amide bonds. The highest BCUT2D eigenvalue weighted by atomic mass is 16.5. The van der Waals surface area contributed by atoms with Crippen LogP contribution in [0.15, 0.2) is 71.5 Å². The number of Topliss-reactive ketones (excluding diaryl/α,β-unsaturated/α-hetero) is 1. The molecular weight excluding hydrogens is 496 g/mol. The summed E-state index contributed by atoms with van der Waals surface area (Å²) in [4.78, 5) is 44.1. The summed E-state index contributed by atoms with van der Waals surface area (Å²) in [6.07, 6.45) is 4.85. The van der Waals surface area contributed by atoms with Crippen LogP contribution >= 0.6 is 0 Å². The van der Waals surface area contributed by atoms with Crippen LogP contribution in [-0.2, 0) is 11.3 Å². The number of nitrogens with zero attached hydrogens (tertiary/aromatic N) is 2. The van der Waals surface area contributed by atoms with Crippen molar-refractivity contribution < 1.29 is 23.8 Å². The van der Waals surface area contributed by atoms with Crippen molar-refractivity contribution in [1.82, 2.24) is 9.55 Å². The Kier molecular flexibility index (Phi) is 6.02. The second-order valence-corrected chi connectivity index (χ2v) is 10.1. The van der Waals surface area contributed by atoms with Crippen LogP contribution in [0.1, 0.15) is 53.2 Å². The molecule has 4 heterocycles. The largest absolute Gasteiger partial charge is 0.497 e. The number of ether oxygens (including phenoxy) is 3.